The molecular weight excluding hydrogens is 298 g/mol. The molecule has 4 rings (SSSR count). The zero-order valence-corrected chi connectivity index (χ0v) is 12.2. The fourth-order valence-electron chi connectivity index (χ4n) is 2.39. The average molecular weight is 308 g/mol. The van der Waals surface area contributed by atoms with Crippen molar-refractivity contribution in [2.24, 2.45) is 0 Å². The fourth-order valence-corrected chi connectivity index (χ4v) is 2.57. The molecule has 0 atom stereocenters. The highest BCUT2D eigenvalue weighted by atomic mass is 35.5. The maximum Gasteiger partial charge on any atom is 0.223 e. The molecule has 0 unspecified atom stereocenters. The van der Waals surface area contributed by atoms with E-state index in [1.54, 1.807) is 12.5 Å². The number of rotatable bonds is 2. The highest BCUT2D eigenvalue weighted by Gasteiger charge is 2.12. The van der Waals surface area contributed by atoms with Gasteiger partial charge in [0.2, 0.25) is 5.28 Å². The third-order valence-electron chi connectivity index (χ3n) is 3.38. The first-order valence-corrected chi connectivity index (χ1v) is 7.12. The Morgan fingerprint density at radius 2 is 1.91 bits per heavy atom. The molecule has 0 saturated carbocycles. The lowest BCUT2D eigenvalue weighted by Gasteiger charge is -2.07. The molecule has 0 N–H and O–H groups in total. The molecule has 0 spiro atoms. The Morgan fingerprint density at radius 3 is 2.68 bits per heavy atom. The van der Waals surface area contributed by atoms with Crippen LogP contribution in [0.4, 0.5) is 0 Å². The molecule has 0 aliphatic carbocycles. The molecule has 0 bridgehead atoms. The zero-order valence-electron chi connectivity index (χ0n) is 11.4. The van der Waals surface area contributed by atoms with Gasteiger partial charge in [-0.1, -0.05) is 6.07 Å². The predicted molar refractivity (Wildman–Crippen MR) is 85.5 cm³/mol. The second kappa shape index (κ2) is 5.24. The van der Waals surface area contributed by atoms with Gasteiger partial charge in [-0.05, 0) is 54.1 Å². The van der Waals surface area contributed by atoms with Gasteiger partial charge in [0.1, 0.15) is 11.5 Å². The van der Waals surface area contributed by atoms with E-state index in [4.69, 9.17) is 16.0 Å². The van der Waals surface area contributed by atoms with Crippen LogP contribution in [0.15, 0.2) is 65.4 Å². The van der Waals surface area contributed by atoms with Crippen molar-refractivity contribution in [3.63, 3.8) is 0 Å². The molecule has 0 amide bonds. The topological polar surface area (TPSA) is 51.8 Å². The van der Waals surface area contributed by atoms with E-state index in [-0.39, 0.29) is 5.28 Å². The Bertz CT molecular complexity index is 937. The largest absolute Gasteiger partial charge is 0.464 e. The summed E-state index contributed by atoms with van der Waals surface area (Å²) in [5.41, 5.74) is 3.20. The number of halogens is 1. The van der Waals surface area contributed by atoms with Crippen LogP contribution < -0.4 is 0 Å². The van der Waals surface area contributed by atoms with Crippen molar-refractivity contribution in [3.8, 4) is 22.7 Å². The van der Waals surface area contributed by atoms with Crippen LogP contribution in [0.5, 0.6) is 0 Å². The first-order valence-electron chi connectivity index (χ1n) is 6.74. The van der Waals surface area contributed by atoms with Gasteiger partial charge in [-0.25, -0.2) is 9.97 Å². The number of furan rings is 1. The van der Waals surface area contributed by atoms with Crippen LogP contribution in [-0.4, -0.2) is 15.0 Å². The summed E-state index contributed by atoms with van der Waals surface area (Å²) in [6.07, 6.45) is 3.38. The molecule has 4 aromatic rings. The predicted octanol–water partition coefficient (Wildman–Crippen LogP) is 4.61. The lowest BCUT2D eigenvalue weighted by atomic mass is 10.1. The van der Waals surface area contributed by atoms with E-state index in [0.29, 0.717) is 5.69 Å². The van der Waals surface area contributed by atoms with Crippen LogP contribution in [0.25, 0.3) is 33.6 Å². The van der Waals surface area contributed by atoms with E-state index >= 15 is 0 Å². The Balaban J connectivity index is 2.00. The van der Waals surface area contributed by atoms with Crippen LogP contribution in [0, 0.1) is 0 Å². The zero-order chi connectivity index (χ0) is 14.9. The van der Waals surface area contributed by atoms with E-state index in [1.807, 2.05) is 48.5 Å². The summed E-state index contributed by atoms with van der Waals surface area (Å²) in [6, 6.07) is 15.3. The summed E-state index contributed by atoms with van der Waals surface area (Å²) in [4.78, 5) is 13.0. The van der Waals surface area contributed by atoms with Crippen molar-refractivity contribution in [1.82, 2.24) is 15.0 Å². The summed E-state index contributed by atoms with van der Waals surface area (Å²) in [6.45, 7) is 0. The van der Waals surface area contributed by atoms with Gasteiger partial charge >= 0.3 is 0 Å². The second-order valence-electron chi connectivity index (χ2n) is 4.77. The Hall–Kier alpha value is -2.72. The summed E-state index contributed by atoms with van der Waals surface area (Å²) in [5.74, 6) is 0.795. The van der Waals surface area contributed by atoms with Gasteiger partial charge in [-0.2, -0.15) is 0 Å². The number of hydrogen-bond donors (Lipinski definition) is 0. The highest BCUT2D eigenvalue weighted by Crippen LogP contribution is 2.30. The summed E-state index contributed by atoms with van der Waals surface area (Å²) < 4.78 is 5.46. The van der Waals surface area contributed by atoms with Crippen molar-refractivity contribution in [2.45, 2.75) is 0 Å². The summed E-state index contributed by atoms with van der Waals surface area (Å²) in [5, 5.41) is 1.09. The minimum atomic E-state index is 0.207. The number of nitrogens with zero attached hydrogens (tertiary/aromatic N) is 3. The van der Waals surface area contributed by atoms with Gasteiger partial charge < -0.3 is 4.42 Å². The highest BCUT2D eigenvalue weighted by molar-refractivity contribution is 6.28. The standard InChI is InChI=1S/C17H10ClN3O/c18-17-20-13-7-6-11(15-5-3-9-22-15)10-12(13)16(21-17)14-4-1-2-8-19-14/h1-10H. The number of benzene rings is 1. The molecule has 0 aliphatic heterocycles. The molecule has 1 aromatic carbocycles. The first kappa shape index (κ1) is 13.0. The lowest BCUT2D eigenvalue weighted by molar-refractivity contribution is 0.582. The molecular formula is C17H10ClN3O. The second-order valence-corrected chi connectivity index (χ2v) is 5.10. The first-order chi connectivity index (χ1) is 10.8. The Kier molecular flexibility index (Phi) is 3.09. The van der Waals surface area contributed by atoms with Crippen molar-refractivity contribution >= 4 is 22.5 Å². The molecule has 0 aliphatic rings. The minimum absolute atomic E-state index is 0.207. The van der Waals surface area contributed by atoms with Crippen molar-refractivity contribution in [1.29, 1.82) is 0 Å². The Labute approximate surface area is 131 Å². The molecule has 22 heavy (non-hydrogen) atoms. The van der Waals surface area contributed by atoms with Gasteiger partial charge in [-0.15, -0.1) is 0 Å². The maximum atomic E-state index is 6.04. The summed E-state index contributed by atoms with van der Waals surface area (Å²) in [7, 11) is 0. The van der Waals surface area contributed by atoms with Gasteiger partial charge in [0, 0.05) is 17.1 Å². The SMILES string of the molecule is Clc1nc(-c2ccccn2)c2cc(-c3ccco3)ccc2n1. The lowest BCUT2D eigenvalue weighted by Crippen LogP contribution is -1.93. The number of pyridine rings is 1. The number of fused-ring (bicyclic) bond motifs is 1. The van der Waals surface area contributed by atoms with E-state index in [9.17, 15) is 0 Å². The van der Waals surface area contributed by atoms with Gasteiger partial charge in [0.05, 0.1) is 17.5 Å². The van der Waals surface area contributed by atoms with Crippen molar-refractivity contribution in [3.05, 3.63) is 66.3 Å². The van der Waals surface area contributed by atoms with Crippen LogP contribution in [-0.2, 0) is 0 Å². The van der Waals surface area contributed by atoms with Crippen LogP contribution in [0.3, 0.4) is 0 Å². The quantitative estimate of drug-likeness (QED) is 0.508. The smallest absolute Gasteiger partial charge is 0.223 e. The molecule has 3 aromatic heterocycles. The fraction of sp³-hybridized carbons (Fsp3) is 0. The van der Waals surface area contributed by atoms with E-state index in [2.05, 4.69) is 15.0 Å². The van der Waals surface area contributed by atoms with Crippen molar-refractivity contribution in [2.75, 3.05) is 0 Å². The van der Waals surface area contributed by atoms with Crippen LogP contribution in [0.1, 0.15) is 0 Å². The average Bonchev–Trinajstić information content (AvgIpc) is 3.09. The van der Waals surface area contributed by atoms with E-state index in [0.717, 1.165) is 27.9 Å². The number of aromatic nitrogens is 3. The molecule has 106 valence electrons. The molecule has 3 heterocycles. The maximum absolute atomic E-state index is 6.04. The summed E-state index contributed by atoms with van der Waals surface area (Å²) >= 11 is 6.04. The van der Waals surface area contributed by atoms with Crippen LogP contribution >= 0.6 is 11.6 Å². The minimum Gasteiger partial charge on any atom is -0.464 e. The monoisotopic (exact) mass is 307 g/mol. The third kappa shape index (κ3) is 2.23. The van der Waals surface area contributed by atoms with Gasteiger partial charge in [0.25, 0.3) is 0 Å². The normalized spacial score (nSPS) is 11.0. The van der Waals surface area contributed by atoms with Gasteiger partial charge in [0.15, 0.2) is 0 Å². The Morgan fingerprint density at radius 1 is 0.955 bits per heavy atom. The van der Waals surface area contributed by atoms with E-state index in [1.165, 1.54) is 0 Å². The van der Waals surface area contributed by atoms with Crippen molar-refractivity contribution < 1.29 is 4.42 Å². The molecule has 0 radical (unpaired) electrons. The number of hydrogen-bond acceptors (Lipinski definition) is 4. The molecule has 0 fully saturated rings. The molecule has 5 heteroatoms. The van der Waals surface area contributed by atoms with E-state index < -0.39 is 0 Å². The third-order valence-corrected chi connectivity index (χ3v) is 3.55. The molecule has 4 nitrogen and oxygen atoms in total. The van der Waals surface area contributed by atoms with Crippen LogP contribution in [0.2, 0.25) is 5.28 Å². The molecule has 0 saturated heterocycles. The van der Waals surface area contributed by atoms with Gasteiger partial charge in [-0.3, -0.25) is 4.98 Å².